The first kappa shape index (κ1) is 41.4. The molecular weight excluding hydrogens is 831 g/mol. The molecule has 2 atom stereocenters. The molecule has 2 unspecified atom stereocenters. The van der Waals surface area contributed by atoms with Crippen molar-refractivity contribution in [2.45, 2.75) is 62.7 Å². The van der Waals surface area contributed by atoms with Gasteiger partial charge in [-0.2, -0.15) is 0 Å². The van der Waals surface area contributed by atoms with Gasteiger partial charge >= 0.3 is 0 Å². The van der Waals surface area contributed by atoms with E-state index in [9.17, 15) is 0 Å². The number of benzene rings is 10. The maximum Gasteiger partial charge on any atom is 0.0540 e. The molecule has 10 aromatic carbocycles. The summed E-state index contributed by atoms with van der Waals surface area (Å²) in [6, 6.07) is 87.1. The van der Waals surface area contributed by atoms with Gasteiger partial charge in [-0.05, 0) is 140 Å². The molecule has 0 radical (unpaired) electrons. The fourth-order valence-electron chi connectivity index (χ4n) is 13.1. The average Bonchev–Trinajstić information content (AvgIpc) is 3.85. The van der Waals surface area contributed by atoms with Crippen LogP contribution in [0.1, 0.15) is 90.8 Å². The zero-order valence-electron chi connectivity index (χ0n) is 39.5. The molecule has 0 amide bonds. The van der Waals surface area contributed by atoms with E-state index < -0.39 is 0 Å². The van der Waals surface area contributed by atoms with E-state index in [1.165, 1.54) is 126 Å². The average molecular weight is 886 g/mol. The molecule has 69 heavy (non-hydrogen) atoms. The number of hydrogen-bond donors (Lipinski definition) is 0. The number of hydrogen-bond acceptors (Lipinski definition) is 1. The van der Waals surface area contributed by atoms with Crippen molar-refractivity contribution in [3.8, 4) is 44.5 Å². The fourth-order valence-corrected chi connectivity index (χ4v) is 13.1. The van der Waals surface area contributed by atoms with E-state index in [0.29, 0.717) is 5.92 Å². The first-order valence-corrected chi connectivity index (χ1v) is 25.1. The van der Waals surface area contributed by atoms with Crippen molar-refractivity contribution in [2.75, 3.05) is 4.90 Å². The van der Waals surface area contributed by atoms with Gasteiger partial charge in [-0.1, -0.05) is 226 Å². The van der Waals surface area contributed by atoms with Crippen LogP contribution in [0.25, 0.3) is 55.3 Å². The van der Waals surface area contributed by atoms with Crippen molar-refractivity contribution in [2.24, 2.45) is 0 Å². The van der Waals surface area contributed by atoms with Crippen molar-refractivity contribution in [1.29, 1.82) is 0 Å². The molecular formula is C68H55N. The van der Waals surface area contributed by atoms with E-state index >= 15 is 0 Å². The first-order chi connectivity index (χ1) is 34.0. The minimum Gasteiger partial charge on any atom is -0.309 e. The highest BCUT2D eigenvalue weighted by atomic mass is 15.1. The van der Waals surface area contributed by atoms with Crippen LogP contribution in [0.3, 0.4) is 0 Å². The monoisotopic (exact) mass is 885 g/mol. The van der Waals surface area contributed by atoms with Crippen LogP contribution >= 0.6 is 0 Å². The molecule has 3 aliphatic carbocycles. The second-order valence-corrected chi connectivity index (χ2v) is 20.0. The summed E-state index contributed by atoms with van der Waals surface area (Å²) < 4.78 is 0. The van der Waals surface area contributed by atoms with Crippen LogP contribution in [0.4, 0.5) is 17.1 Å². The molecule has 332 valence electrons. The van der Waals surface area contributed by atoms with Crippen LogP contribution in [0.2, 0.25) is 0 Å². The lowest BCUT2D eigenvalue weighted by atomic mass is 9.74. The minimum absolute atomic E-state index is 0.314. The molecule has 0 aromatic heterocycles. The molecule has 0 saturated heterocycles. The highest BCUT2D eigenvalue weighted by Gasteiger charge is 2.43. The van der Waals surface area contributed by atoms with Gasteiger partial charge in [0.2, 0.25) is 0 Å². The summed E-state index contributed by atoms with van der Waals surface area (Å²) >= 11 is 0. The summed E-state index contributed by atoms with van der Waals surface area (Å²) in [6.45, 7) is 4.85. The van der Waals surface area contributed by atoms with Gasteiger partial charge in [0.25, 0.3) is 0 Å². The van der Waals surface area contributed by atoms with Crippen molar-refractivity contribution in [3.63, 3.8) is 0 Å². The lowest BCUT2D eigenvalue weighted by Crippen LogP contribution is -2.23. The largest absolute Gasteiger partial charge is 0.309 e. The third-order valence-electron chi connectivity index (χ3n) is 16.4. The predicted octanol–water partition coefficient (Wildman–Crippen LogP) is 18.4. The van der Waals surface area contributed by atoms with Crippen LogP contribution in [0, 0.1) is 0 Å². The van der Waals surface area contributed by atoms with Gasteiger partial charge < -0.3 is 4.90 Å². The molecule has 1 heteroatoms. The lowest BCUT2D eigenvalue weighted by Gasteiger charge is -2.33. The fraction of sp³-hybridized carbons (Fsp3) is 0.147. The Morgan fingerprint density at radius 2 is 0.841 bits per heavy atom. The second kappa shape index (κ2) is 16.5. The highest BCUT2D eigenvalue weighted by molar-refractivity contribution is 6.05. The van der Waals surface area contributed by atoms with Crippen LogP contribution in [0.5, 0.6) is 0 Å². The summed E-state index contributed by atoms with van der Waals surface area (Å²) in [4.78, 5) is 2.60. The molecule has 3 aliphatic rings. The van der Waals surface area contributed by atoms with Gasteiger partial charge in [-0.15, -0.1) is 0 Å². The molecule has 0 N–H and O–H groups in total. The minimum atomic E-state index is -0.357. The van der Waals surface area contributed by atoms with Crippen molar-refractivity contribution < 1.29 is 0 Å². The van der Waals surface area contributed by atoms with Crippen LogP contribution < -0.4 is 4.90 Å². The third kappa shape index (κ3) is 6.37. The van der Waals surface area contributed by atoms with Crippen molar-refractivity contribution in [1.82, 2.24) is 0 Å². The Hall–Kier alpha value is -7.74. The Kier molecular flexibility index (Phi) is 9.91. The molecule has 0 aliphatic heterocycles. The van der Waals surface area contributed by atoms with Gasteiger partial charge in [0.1, 0.15) is 0 Å². The molecule has 0 heterocycles. The second-order valence-electron chi connectivity index (χ2n) is 20.0. The van der Waals surface area contributed by atoms with Crippen LogP contribution in [-0.2, 0) is 10.8 Å². The van der Waals surface area contributed by atoms with Gasteiger partial charge in [-0.3, -0.25) is 0 Å². The topological polar surface area (TPSA) is 3.24 Å². The normalized spacial score (nSPS) is 18.1. The standard InChI is InChI=1S/C68H55N/c1-67(48-27-8-4-9-28-48)60-39-17-13-34-58(60)66-57(37-22-40-61(66)67)55-33-15-19-42-64(55)69(50-43-44-53-52-31-12-16-38-59(52)68(2,62(53)45-50)49-29-10-5-11-30-49)63-41-18-14-32-54(63)56-36-21-26-47-25-20-35-51(65(47)56)46-23-6-3-7-24-46/h4-5,8-22,25-46H,3,6-7,23-24H2,1-2H3. The highest BCUT2D eigenvalue weighted by Crippen LogP contribution is 2.58. The summed E-state index contributed by atoms with van der Waals surface area (Å²) in [5, 5.41) is 2.71. The summed E-state index contributed by atoms with van der Waals surface area (Å²) in [6.07, 6.45) is 6.43. The maximum absolute atomic E-state index is 2.60. The van der Waals surface area contributed by atoms with Crippen molar-refractivity contribution >= 4 is 27.8 Å². The van der Waals surface area contributed by atoms with Gasteiger partial charge in [0.05, 0.1) is 11.4 Å². The maximum atomic E-state index is 2.60. The number of rotatable bonds is 8. The van der Waals surface area contributed by atoms with E-state index in [0.717, 1.165) is 17.1 Å². The van der Waals surface area contributed by atoms with E-state index in [4.69, 9.17) is 0 Å². The number of fused-ring (bicyclic) bond motifs is 7. The van der Waals surface area contributed by atoms with Gasteiger partial charge in [-0.25, -0.2) is 0 Å². The van der Waals surface area contributed by atoms with Crippen molar-refractivity contribution in [3.05, 3.63) is 269 Å². The smallest absolute Gasteiger partial charge is 0.0540 e. The van der Waals surface area contributed by atoms with Gasteiger partial charge in [0, 0.05) is 27.6 Å². The van der Waals surface area contributed by atoms with Crippen LogP contribution in [-0.4, -0.2) is 0 Å². The molecule has 13 rings (SSSR count). The molecule has 1 fully saturated rings. The molecule has 0 bridgehead atoms. The van der Waals surface area contributed by atoms with Gasteiger partial charge in [0.15, 0.2) is 0 Å². The molecule has 1 saturated carbocycles. The number of anilines is 3. The van der Waals surface area contributed by atoms with E-state index in [-0.39, 0.29) is 10.8 Å². The summed E-state index contributed by atoms with van der Waals surface area (Å²) in [5.41, 5.74) is 22.4. The third-order valence-corrected chi connectivity index (χ3v) is 16.4. The van der Waals surface area contributed by atoms with E-state index in [1.807, 2.05) is 0 Å². The van der Waals surface area contributed by atoms with Crippen LogP contribution in [0.15, 0.2) is 231 Å². The Bertz CT molecular complexity index is 3570. The lowest BCUT2D eigenvalue weighted by molar-refractivity contribution is 0.445. The molecule has 10 aromatic rings. The number of para-hydroxylation sites is 2. The SMILES string of the molecule is CC1(c2ccccc2)c2ccccc2-c2ccc(N(c3ccccc3-c3cccc4c3-c3ccccc3C4(C)c3ccccc3)c3ccccc3-c3cccc4cccc(C5CCCCC5)c34)cc21. The quantitative estimate of drug-likeness (QED) is 0.147. The zero-order chi connectivity index (χ0) is 46.1. The summed E-state index contributed by atoms with van der Waals surface area (Å²) in [5.74, 6) is 0.561. The Balaban J connectivity index is 1.08. The Morgan fingerprint density at radius 1 is 0.362 bits per heavy atom. The number of nitrogens with zero attached hydrogens (tertiary/aromatic N) is 1. The Morgan fingerprint density at radius 3 is 1.52 bits per heavy atom. The van der Waals surface area contributed by atoms with E-state index in [2.05, 4.69) is 249 Å². The molecule has 0 spiro atoms. The predicted molar refractivity (Wildman–Crippen MR) is 290 cm³/mol. The summed E-state index contributed by atoms with van der Waals surface area (Å²) in [7, 11) is 0. The Labute approximate surface area is 407 Å². The molecule has 1 nitrogen and oxygen atoms in total. The zero-order valence-corrected chi connectivity index (χ0v) is 39.5. The first-order valence-electron chi connectivity index (χ1n) is 25.1. The van der Waals surface area contributed by atoms with E-state index in [1.54, 1.807) is 0 Å².